The number of rotatable bonds is 3. The fraction of sp³-hybridized carbons (Fsp3) is 0.357. The van der Waals surface area contributed by atoms with Crippen LogP contribution in [0.5, 0.6) is 0 Å². The van der Waals surface area contributed by atoms with Gasteiger partial charge in [0.05, 0.1) is 0 Å². The van der Waals surface area contributed by atoms with Crippen molar-refractivity contribution in [3.8, 4) is 0 Å². The second-order valence-electron chi connectivity index (χ2n) is 4.69. The average molecular weight is 449 g/mol. The lowest BCUT2D eigenvalue weighted by Gasteiger charge is -2.15. The van der Waals surface area contributed by atoms with Crippen LogP contribution in [-0.2, 0) is 6.42 Å². The highest BCUT2D eigenvalue weighted by Crippen LogP contribution is 2.22. The van der Waals surface area contributed by atoms with E-state index in [1.165, 1.54) is 16.5 Å². The first-order chi connectivity index (χ1) is 9.33. The van der Waals surface area contributed by atoms with Crippen LogP contribution in [0.3, 0.4) is 0 Å². The molecule has 1 aromatic heterocycles. The van der Waals surface area contributed by atoms with Gasteiger partial charge in [-0.2, -0.15) is 0 Å². The lowest BCUT2D eigenvalue weighted by atomic mass is 10.1. The third-order valence-corrected chi connectivity index (χ3v) is 3.81. The number of hydrogen-bond acceptors (Lipinski definition) is 3. The van der Waals surface area contributed by atoms with E-state index in [1.54, 1.807) is 0 Å². The van der Waals surface area contributed by atoms with E-state index >= 15 is 0 Å². The number of aliphatic imine (C=N–C) groups is 1. The summed E-state index contributed by atoms with van der Waals surface area (Å²) in [6, 6.07) is 6.32. The molecule has 0 atom stereocenters. The third-order valence-electron chi connectivity index (χ3n) is 3.31. The molecule has 4 nitrogen and oxygen atoms in total. The molecule has 0 fully saturated rings. The van der Waals surface area contributed by atoms with Crippen molar-refractivity contribution >= 4 is 56.8 Å². The summed E-state index contributed by atoms with van der Waals surface area (Å²) in [5, 5.41) is 7.91. The number of hydrogen-bond donors (Lipinski definition) is 3. The fourth-order valence-corrected chi connectivity index (χ4v) is 2.69. The van der Waals surface area contributed by atoms with Gasteiger partial charge in [0.1, 0.15) is 0 Å². The van der Waals surface area contributed by atoms with Gasteiger partial charge in [0, 0.05) is 41.2 Å². The highest BCUT2D eigenvalue weighted by Gasteiger charge is 2.06. The predicted octanol–water partition coefficient (Wildman–Crippen LogP) is 3.03. The van der Waals surface area contributed by atoms with Crippen molar-refractivity contribution < 1.29 is 0 Å². The normalized spacial score (nSPS) is 14.3. The van der Waals surface area contributed by atoms with E-state index < -0.39 is 0 Å². The lowest BCUT2D eigenvalue weighted by Crippen LogP contribution is -2.41. The number of nitrogens with one attached hydrogen (secondary N) is 3. The van der Waals surface area contributed by atoms with E-state index in [9.17, 15) is 0 Å². The molecule has 108 valence electrons. The maximum atomic E-state index is 4.40. The Bertz CT molecular complexity index is 608. The first-order valence-electron chi connectivity index (χ1n) is 6.60. The van der Waals surface area contributed by atoms with Gasteiger partial charge in [-0.15, -0.1) is 24.0 Å². The summed E-state index contributed by atoms with van der Waals surface area (Å²) in [6.07, 6.45) is 4.20. The maximum Gasteiger partial charge on any atom is 0.191 e. The molecule has 0 radical (unpaired) electrons. The van der Waals surface area contributed by atoms with Crippen molar-refractivity contribution in [2.45, 2.75) is 12.8 Å². The highest BCUT2D eigenvalue weighted by molar-refractivity contribution is 14.0. The first-order valence-corrected chi connectivity index (χ1v) is 7.40. The molecule has 3 N–H and O–H groups in total. The Labute approximate surface area is 144 Å². The SMILES string of the molecule is Brc1ccc2[nH]cc(CCNC3=NCCCN3)c2c1.I. The standard InChI is InChI=1S/C14H17BrN4.HI/c15-11-2-3-13-12(8-11)10(9-19-13)4-7-18-14-16-5-1-6-17-14;/h2-3,8-9,19H,1,4-7H2,(H2,16,17,18);1H. The fourth-order valence-electron chi connectivity index (χ4n) is 2.32. The monoisotopic (exact) mass is 448 g/mol. The van der Waals surface area contributed by atoms with Crippen molar-refractivity contribution in [2.24, 2.45) is 4.99 Å². The molecule has 1 aromatic carbocycles. The number of aromatic nitrogens is 1. The summed E-state index contributed by atoms with van der Waals surface area (Å²) in [5.41, 5.74) is 2.52. The molecule has 2 aromatic rings. The zero-order chi connectivity index (χ0) is 13.1. The summed E-state index contributed by atoms with van der Waals surface area (Å²) in [4.78, 5) is 7.71. The van der Waals surface area contributed by atoms with Crippen molar-refractivity contribution in [2.75, 3.05) is 19.6 Å². The maximum absolute atomic E-state index is 4.40. The Morgan fingerprint density at radius 2 is 2.25 bits per heavy atom. The molecule has 0 saturated carbocycles. The molecule has 3 rings (SSSR count). The van der Waals surface area contributed by atoms with Crippen LogP contribution < -0.4 is 10.6 Å². The number of halogens is 2. The summed E-state index contributed by atoms with van der Waals surface area (Å²) in [6.45, 7) is 2.84. The van der Waals surface area contributed by atoms with Gasteiger partial charge in [-0.05, 0) is 36.6 Å². The molecule has 1 aliphatic rings. The van der Waals surface area contributed by atoms with E-state index in [0.29, 0.717) is 0 Å². The van der Waals surface area contributed by atoms with E-state index in [-0.39, 0.29) is 24.0 Å². The molecule has 0 spiro atoms. The van der Waals surface area contributed by atoms with E-state index in [1.807, 2.05) is 0 Å². The van der Waals surface area contributed by atoms with E-state index in [2.05, 4.69) is 60.9 Å². The minimum Gasteiger partial charge on any atom is -0.361 e. The molecule has 1 aliphatic heterocycles. The van der Waals surface area contributed by atoms with Gasteiger partial charge in [0.25, 0.3) is 0 Å². The van der Waals surface area contributed by atoms with Crippen molar-refractivity contribution in [3.05, 3.63) is 34.4 Å². The van der Waals surface area contributed by atoms with Gasteiger partial charge in [0.15, 0.2) is 5.96 Å². The Kier molecular flexibility index (Phi) is 5.71. The molecule has 0 aliphatic carbocycles. The second kappa shape index (κ2) is 7.31. The summed E-state index contributed by atoms with van der Waals surface area (Å²) >= 11 is 3.52. The average Bonchev–Trinajstić information content (AvgIpc) is 2.83. The molecule has 20 heavy (non-hydrogen) atoms. The van der Waals surface area contributed by atoms with E-state index in [4.69, 9.17) is 0 Å². The Morgan fingerprint density at radius 1 is 1.35 bits per heavy atom. The van der Waals surface area contributed by atoms with Crippen LogP contribution in [0.15, 0.2) is 33.9 Å². The second-order valence-corrected chi connectivity index (χ2v) is 5.61. The summed E-state index contributed by atoms with van der Waals surface area (Å²) < 4.78 is 1.12. The number of guanidine groups is 1. The van der Waals surface area contributed by atoms with Crippen molar-refractivity contribution in [1.29, 1.82) is 0 Å². The van der Waals surface area contributed by atoms with Crippen LogP contribution in [-0.4, -0.2) is 30.6 Å². The van der Waals surface area contributed by atoms with E-state index in [0.717, 1.165) is 42.9 Å². The summed E-state index contributed by atoms with van der Waals surface area (Å²) in [5.74, 6) is 0.937. The predicted molar refractivity (Wildman–Crippen MR) is 98.0 cm³/mol. The molecular formula is C14H18BrIN4. The van der Waals surface area contributed by atoms with Crippen LogP contribution in [0.4, 0.5) is 0 Å². The smallest absolute Gasteiger partial charge is 0.191 e. The molecule has 0 bridgehead atoms. The number of aromatic amines is 1. The van der Waals surface area contributed by atoms with Gasteiger partial charge in [-0.25, -0.2) is 0 Å². The van der Waals surface area contributed by atoms with Crippen LogP contribution >= 0.6 is 39.9 Å². The van der Waals surface area contributed by atoms with Gasteiger partial charge in [-0.1, -0.05) is 15.9 Å². The Morgan fingerprint density at radius 3 is 3.05 bits per heavy atom. The quantitative estimate of drug-likeness (QED) is 0.632. The van der Waals surface area contributed by atoms with Gasteiger partial charge in [-0.3, -0.25) is 4.99 Å². The minimum atomic E-state index is 0. The number of nitrogens with zero attached hydrogens (tertiary/aromatic N) is 1. The van der Waals surface area contributed by atoms with Crippen molar-refractivity contribution in [1.82, 2.24) is 15.6 Å². The number of fused-ring (bicyclic) bond motifs is 1. The van der Waals surface area contributed by atoms with Crippen LogP contribution in [0.1, 0.15) is 12.0 Å². The first kappa shape index (κ1) is 15.6. The number of benzene rings is 1. The summed E-state index contributed by atoms with van der Waals surface area (Å²) in [7, 11) is 0. The molecule has 6 heteroatoms. The third kappa shape index (κ3) is 3.66. The zero-order valence-electron chi connectivity index (χ0n) is 11.1. The van der Waals surface area contributed by atoms with Crippen molar-refractivity contribution in [3.63, 3.8) is 0 Å². The Balaban J connectivity index is 0.00000147. The van der Waals surface area contributed by atoms with Gasteiger partial charge < -0.3 is 15.6 Å². The van der Waals surface area contributed by atoms with Crippen LogP contribution in [0.25, 0.3) is 10.9 Å². The minimum absolute atomic E-state index is 0. The topological polar surface area (TPSA) is 52.2 Å². The van der Waals surface area contributed by atoms with Gasteiger partial charge >= 0.3 is 0 Å². The molecule has 0 saturated heterocycles. The number of H-pyrrole nitrogens is 1. The highest BCUT2D eigenvalue weighted by atomic mass is 127. The largest absolute Gasteiger partial charge is 0.361 e. The molecule has 2 heterocycles. The zero-order valence-corrected chi connectivity index (χ0v) is 15.0. The molecule has 0 unspecified atom stereocenters. The van der Waals surface area contributed by atoms with Crippen LogP contribution in [0, 0.1) is 0 Å². The Hall–Kier alpha value is -0.760. The van der Waals surface area contributed by atoms with Crippen LogP contribution in [0.2, 0.25) is 0 Å². The molecular weight excluding hydrogens is 431 g/mol. The van der Waals surface area contributed by atoms with Gasteiger partial charge in [0.2, 0.25) is 0 Å². The lowest BCUT2D eigenvalue weighted by molar-refractivity contribution is 0.700. The molecule has 0 amide bonds.